The van der Waals surface area contributed by atoms with Crippen molar-refractivity contribution in [3.05, 3.63) is 35.4 Å². The van der Waals surface area contributed by atoms with Crippen molar-refractivity contribution in [1.29, 1.82) is 0 Å². The summed E-state index contributed by atoms with van der Waals surface area (Å²) in [6, 6.07) is 2.35. The molecule has 108 valence electrons. The van der Waals surface area contributed by atoms with Gasteiger partial charge in [0.25, 0.3) is 0 Å². The van der Waals surface area contributed by atoms with Crippen LogP contribution in [0.25, 0.3) is 0 Å². The average Bonchev–Trinajstić information content (AvgIpc) is 2.28. The fourth-order valence-corrected chi connectivity index (χ4v) is 1.33. The van der Waals surface area contributed by atoms with Crippen molar-refractivity contribution in [2.75, 3.05) is 13.1 Å². The third-order valence-electron chi connectivity index (χ3n) is 2.34. The zero-order valence-corrected chi connectivity index (χ0v) is 9.52. The van der Waals surface area contributed by atoms with Gasteiger partial charge in [0.1, 0.15) is 11.6 Å². The summed E-state index contributed by atoms with van der Waals surface area (Å²) in [5, 5.41) is 11.4. The lowest BCUT2D eigenvalue weighted by molar-refractivity contribution is -0.125. The summed E-state index contributed by atoms with van der Waals surface area (Å²) in [5.74, 6) is -6.14. The van der Waals surface area contributed by atoms with Crippen LogP contribution >= 0.6 is 0 Å². The molecule has 0 heterocycles. The first-order valence-electron chi connectivity index (χ1n) is 5.23. The molecule has 1 aromatic rings. The molecule has 0 bridgehead atoms. The maximum atomic E-state index is 13.2. The number of hydrogen-bond acceptors (Lipinski definition) is 2. The monoisotopic (exact) mass is 287 g/mol. The van der Waals surface area contributed by atoms with Gasteiger partial charge in [-0.15, -0.1) is 0 Å². The normalized spacial score (nSPS) is 13.9. The number of nitrogens with one attached hydrogen (secondary N) is 1. The van der Waals surface area contributed by atoms with E-state index in [4.69, 9.17) is 0 Å². The highest BCUT2D eigenvalue weighted by Crippen LogP contribution is 2.22. The van der Waals surface area contributed by atoms with E-state index in [1.807, 2.05) is 5.32 Å². The van der Waals surface area contributed by atoms with Gasteiger partial charge in [0.05, 0.1) is 12.6 Å². The van der Waals surface area contributed by atoms with E-state index in [2.05, 4.69) is 0 Å². The van der Waals surface area contributed by atoms with Gasteiger partial charge in [-0.1, -0.05) is 6.07 Å². The molecule has 1 atom stereocenters. The Morgan fingerprint density at radius 3 is 2.37 bits per heavy atom. The van der Waals surface area contributed by atoms with Crippen LogP contribution in [-0.4, -0.2) is 30.5 Å². The van der Waals surface area contributed by atoms with Gasteiger partial charge >= 0.3 is 12.3 Å². The lowest BCUT2D eigenvalue weighted by Gasteiger charge is -2.18. The molecular weight excluding hydrogens is 276 g/mol. The van der Waals surface area contributed by atoms with Crippen LogP contribution in [0.1, 0.15) is 11.7 Å². The number of aliphatic hydroxyl groups is 1. The summed E-state index contributed by atoms with van der Waals surface area (Å²) in [7, 11) is 0. The highest BCUT2D eigenvalue weighted by atomic mass is 19.3. The van der Waals surface area contributed by atoms with Gasteiger partial charge in [-0.2, -0.15) is 8.78 Å². The first-order valence-corrected chi connectivity index (χ1v) is 5.23. The number of hydrogen-bond donors (Lipinski definition) is 2. The predicted octanol–water partition coefficient (Wildman–Crippen LogP) is 2.49. The summed E-state index contributed by atoms with van der Waals surface area (Å²) >= 11 is 0. The molecule has 19 heavy (non-hydrogen) atoms. The predicted molar refractivity (Wildman–Crippen MR) is 55.1 cm³/mol. The fourth-order valence-electron chi connectivity index (χ4n) is 1.33. The molecule has 0 aliphatic rings. The summed E-state index contributed by atoms with van der Waals surface area (Å²) in [6.07, 6.45) is -5.38. The second kappa shape index (κ2) is 6.25. The number of aliphatic hydroxyl groups excluding tert-OH is 1. The molecule has 0 saturated carbocycles. The maximum absolute atomic E-state index is 13.2. The van der Waals surface area contributed by atoms with Crippen LogP contribution in [0.4, 0.5) is 26.3 Å². The molecule has 0 saturated heterocycles. The number of alkyl halides is 4. The zero-order valence-electron chi connectivity index (χ0n) is 9.52. The zero-order chi connectivity index (χ0) is 14.6. The molecule has 0 amide bonds. The third-order valence-corrected chi connectivity index (χ3v) is 2.34. The van der Waals surface area contributed by atoms with Crippen LogP contribution in [0.5, 0.6) is 0 Å². The van der Waals surface area contributed by atoms with Gasteiger partial charge in [0.15, 0.2) is 0 Å². The lowest BCUT2D eigenvalue weighted by Crippen LogP contribution is -2.40. The van der Waals surface area contributed by atoms with Crippen molar-refractivity contribution in [3.8, 4) is 0 Å². The summed E-state index contributed by atoms with van der Waals surface area (Å²) in [4.78, 5) is 0. The van der Waals surface area contributed by atoms with E-state index in [0.717, 1.165) is 12.1 Å². The van der Waals surface area contributed by atoms with Gasteiger partial charge in [-0.25, -0.2) is 17.6 Å². The van der Waals surface area contributed by atoms with Crippen LogP contribution in [0.15, 0.2) is 18.2 Å². The lowest BCUT2D eigenvalue weighted by atomic mass is 10.1. The Labute approximate surface area is 105 Å². The number of halogens is 6. The molecular formula is C11H11F6NO. The molecule has 0 spiro atoms. The maximum Gasteiger partial charge on any atom is 0.319 e. The molecule has 0 aliphatic carbocycles. The van der Waals surface area contributed by atoms with Crippen molar-refractivity contribution >= 4 is 0 Å². The SMILES string of the molecule is OC(CNCC(F)(F)C(F)F)c1ccc(F)cc1F. The van der Waals surface area contributed by atoms with Crippen molar-refractivity contribution in [2.24, 2.45) is 0 Å². The highest BCUT2D eigenvalue weighted by molar-refractivity contribution is 5.21. The van der Waals surface area contributed by atoms with Gasteiger partial charge < -0.3 is 10.4 Å². The Hall–Kier alpha value is -1.28. The first kappa shape index (κ1) is 15.8. The van der Waals surface area contributed by atoms with E-state index in [0.29, 0.717) is 6.07 Å². The van der Waals surface area contributed by atoms with Crippen molar-refractivity contribution < 1.29 is 31.4 Å². The van der Waals surface area contributed by atoms with Gasteiger partial charge in [0, 0.05) is 18.2 Å². The molecule has 2 N–H and O–H groups in total. The summed E-state index contributed by atoms with van der Waals surface area (Å²) in [5.41, 5.74) is -0.311. The van der Waals surface area contributed by atoms with Crippen LogP contribution in [0, 0.1) is 11.6 Å². The molecule has 1 unspecified atom stereocenters. The van der Waals surface area contributed by atoms with E-state index < -0.39 is 43.2 Å². The topological polar surface area (TPSA) is 32.3 Å². The van der Waals surface area contributed by atoms with Gasteiger partial charge in [0.2, 0.25) is 0 Å². The Kier molecular flexibility index (Phi) is 5.19. The van der Waals surface area contributed by atoms with E-state index in [1.54, 1.807) is 0 Å². The van der Waals surface area contributed by atoms with E-state index in [1.165, 1.54) is 0 Å². The molecule has 1 rings (SSSR count). The molecule has 0 fully saturated rings. The van der Waals surface area contributed by atoms with Crippen molar-refractivity contribution in [2.45, 2.75) is 18.5 Å². The Balaban J connectivity index is 2.54. The van der Waals surface area contributed by atoms with E-state index >= 15 is 0 Å². The molecule has 0 aliphatic heterocycles. The first-order chi connectivity index (χ1) is 8.74. The van der Waals surface area contributed by atoms with Crippen molar-refractivity contribution in [3.63, 3.8) is 0 Å². The Bertz CT molecular complexity index is 426. The average molecular weight is 287 g/mol. The smallest absolute Gasteiger partial charge is 0.319 e. The third kappa shape index (κ3) is 4.39. The minimum atomic E-state index is -4.24. The van der Waals surface area contributed by atoms with Gasteiger partial charge in [-0.3, -0.25) is 0 Å². The second-order valence-corrected chi connectivity index (χ2v) is 3.87. The van der Waals surface area contributed by atoms with Crippen LogP contribution in [0.2, 0.25) is 0 Å². The standard InChI is InChI=1S/C11H11F6NO/c12-6-1-2-7(8(13)3-6)9(19)4-18-5-11(16,17)10(14)15/h1-3,9-10,18-19H,4-5H2. The van der Waals surface area contributed by atoms with Crippen LogP contribution in [-0.2, 0) is 0 Å². The minimum absolute atomic E-state index is 0.311. The van der Waals surface area contributed by atoms with Gasteiger partial charge in [-0.05, 0) is 6.07 Å². The second-order valence-electron chi connectivity index (χ2n) is 3.87. The van der Waals surface area contributed by atoms with E-state index in [9.17, 15) is 31.4 Å². The fraction of sp³-hybridized carbons (Fsp3) is 0.455. The number of benzene rings is 1. The molecule has 8 heteroatoms. The molecule has 2 nitrogen and oxygen atoms in total. The van der Waals surface area contributed by atoms with Crippen molar-refractivity contribution in [1.82, 2.24) is 5.32 Å². The Morgan fingerprint density at radius 2 is 1.84 bits per heavy atom. The molecule has 1 aromatic carbocycles. The largest absolute Gasteiger partial charge is 0.387 e. The van der Waals surface area contributed by atoms with Crippen LogP contribution in [0.3, 0.4) is 0 Å². The minimum Gasteiger partial charge on any atom is -0.387 e. The molecule has 0 aromatic heterocycles. The highest BCUT2D eigenvalue weighted by Gasteiger charge is 2.40. The number of rotatable bonds is 6. The summed E-state index contributed by atoms with van der Waals surface area (Å²) in [6.45, 7) is -1.92. The molecule has 0 radical (unpaired) electrons. The van der Waals surface area contributed by atoms with E-state index in [-0.39, 0.29) is 5.56 Å². The summed E-state index contributed by atoms with van der Waals surface area (Å²) < 4.78 is 74.4. The Morgan fingerprint density at radius 1 is 1.21 bits per heavy atom. The quantitative estimate of drug-likeness (QED) is 0.788. The van der Waals surface area contributed by atoms with Crippen LogP contribution < -0.4 is 5.32 Å².